The quantitative estimate of drug-likeness (QED) is 0.558. The standard InChI is InChI=1S/C24H30N4O/c1-17-11-12-18(2)22(15-17)26-24(29)23(21-9-6-5-7-10-21)25-13-8-14-28-20(4)16-19(3)27-28/h5-7,9-12,15-16,23,25H,8,13-14H2,1-4H3,(H,26,29)/t23-/m1/s1. The monoisotopic (exact) mass is 390 g/mol. The van der Waals surface area contributed by atoms with Crippen molar-refractivity contribution in [1.29, 1.82) is 0 Å². The van der Waals surface area contributed by atoms with Crippen LogP contribution in [0.3, 0.4) is 0 Å². The van der Waals surface area contributed by atoms with Crippen molar-refractivity contribution in [3.8, 4) is 0 Å². The molecule has 2 N–H and O–H groups in total. The van der Waals surface area contributed by atoms with Gasteiger partial charge in [-0.2, -0.15) is 5.10 Å². The molecule has 3 aromatic rings. The van der Waals surface area contributed by atoms with Gasteiger partial charge in [0, 0.05) is 17.9 Å². The van der Waals surface area contributed by atoms with Crippen molar-refractivity contribution in [2.45, 2.75) is 46.7 Å². The summed E-state index contributed by atoms with van der Waals surface area (Å²) < 4.78 is 2.02. The van der Waals surface area contributed by atoms with Crippen LogP contribution in [0.25, 0.3) is 0 Å². The zero-order chi connectivity index (χ0) is 20.8. The van der Waals surface area contributed by atoms with E-state index in [9.17, 15) is 4.79 Å². The van der Waals surface area contributed by atoms with Gasteiger partial charge < -0.3 is 10.6 Å². The highest BCUT2D eigenvalue weighted by Gasteiger charge is 2.20. The maximum atomic E-state index is 13.1. The molecule has 0 aliphatic heterocycles. The lowest BCUT2D eigenvalue weighted by molar-refractivity contribution is -0.118. The maximum absolute atomic E-state index is 13.1. The zero-order valence-electron chi connectivity index (χ0n) is 17.7. The largest absolute Gasteiger partial charge is 0.324 e. The van der Waals surface area contributed by atoms with Gasteiger partial charge in [0.2, 0.25) is 5.91 Å². The Morgan fingerprint density at radius 3 is 2.48 bits per heavy atom. The lowest BCUT2D eigenvalue weighted by Gasteiger charge is -2.20. The molecule has 1 aromatic heterocycles. The molecule has 0 aliphatic rings. The third-order valence-electron chi connectivity index (χ3n) is 5.04. The van der Waals surface area contributed by atoms with Gasteiger partial charge in [-0.1, -0.05) is 42.5 Å². The van der Waals surface area contributed by atoms with Gasteiger partial charge in [0.05, 0.1) is 5.69 Å². The van der Waals surface area contributed by atoms with E-state index in [-0.39, 0.29) is 5.91 Å². The highest BCUT2D eigenvalue weighted by molar-refractivity contribution is 5.96. The molecule has 1 atom stereocenters. The molecule has 0 radical (unpaired) electrons. The summed E-state index contributed by atoms with van der Waals surface area (Å²) in [5.74, 6) is -0.0454. The minimum atomic E-state index is -0.406. The van der Waals surface area contributed by atoms with Crippen LogP contribution in [-0.4, -0.2) is 22.2 Å². The highest BCUT2D eigenvalue weighted by atomic mass is 16.2. The molecule has 0 bridgehead atoms. The molecule has 1 heterocycles. The van der Waals surface area contributed by atoms with Gasteiger partial charge in [-0.25, -0.2) is 0 Å². The Morgan fingerprint density at radius 2 is 1.79 bits per heavy atom. The van der Waals surface area contributed by atoms with Crippen molar-refractivity contribution in [3.05, 3.63) is 82.7 Å². The van der Waals surface area contributed by atoms with Gasteiger partial charge in [0.1, 0.15) is 6.04 Å². The van der Waals surface area contributed by atoms with E-state index in [1.165, 1.54) is 0 Å². The Morgan fingerprint density at radius 1 is 1.03 bits per heavy atom. The van der Waals surface area contributed by atoms with Crippen LogP contribution in [0.2, 0.25) is 0 Å². The molecular weight excluding hydrogens is 360 g/mol. The van der Waals surface area contributed by atoms with Crippen LogP contribution >= 0.6 is 0 Å². The molecule has 0 fully saturated rings. The second-order valence-electron chi connectivity index (χ2n) is 7.61. The molecular formula is C24H30N4O. The van der Waals surface area contributed by atoms with Crippen LogP contribution in [-0.2, 0) is 11.3 Å². The van der Waals surface area contributed by atoms with Gasteiger partial charge >= 0.3 is 0 Å². The van der Waals surface area contributed by atoms with E-state index >= 15 is 0 Å². The zero-order valence-corrected chi connectivity index (χ0v) is 17.7. The molecule has 0 unspecified atom stereocenters. The number of anilines is 1. The van der Waals surface area contributed by atoms with E-state index in [0.717, 1.165) is 53.3 Å². The molecule has 0 saturated heterocycles. The molecule has 2 aromatic carbocycles. The van der Waals surface area contributed by atoms with Crippen molar-refractivity contribution in [2.24, 2.45) is 0 Å². The summed E-state index contributed by atoms with van der Waals surface area (Å²) in [5.41, 5.74) is 6.20. The van der Waals surface area contributed by atoms with Crippen molar-refractivity contribution in [2.75, 3.05) is 11.9 Å². The number of rotatable bonds is 8. The summed E-state index contributed by atoms with van der Waals surface area (Å²) in [5, 5.41) is 11.0. The van der Waals surface area contributed by atoms with E-state index in [4.69, 9.17) is 0 Å². The molecule has 0 spiro atoms. The SMILES string of the molecule is Cc1ccc(C)c(NC(=O)[C@H](NCCCn2nc(C)cc2C)c2ccccc2)c1. The lowest BCUT2D eigenvalue weighted by Crippen LogP contribution is -2.34. The normalized spacial score (nSPS) is 12.0. The van der Waals surface area contributed by atoms with Crippen LogP contribution in [0.4, 0.5) is 5.69 Å². The first-order valence-electron chi connectivity index (χ1n) is 10.1. The molecule has 0 saturated carbocycles. The fourth-order valence-electron chi connectivity index (χ4n) is 3.46. The molecule has 0 aliphatic carbocycles. The Labute approximate surface area is 173 Å². The average molecular weight is 391 g/mol. The summed E-state index contributed by atoms with van der Waals surface area (Å²) >= 11 is 0. The van der Waals surface area contributed by atoms with E-state index in [1.807, 2.05) is 67.9 Å². The first-order valence-corrected chi connectivity index (χ1v) is 10.1. The second-order valence-corrected chi connectivity index (χ2v) is 7.61. The van der Waals surface area contributed by atoms with Gasteiger partial charge in [0.25, 0.3) is 0 Å². The first-order chi connectivity index (χ1) is 13.9. The lowest BCUT2D eigenvalue weighted by atomic mass is 10.0. The predicted molar refractivity (Wildman–Crippen MR) is 118 cm³/mol. The minimum absolute atomic E-state index is 0.0454. The van der Waals surface area contributed by atoms with Crippen molar-refractivity contribution < 1.29 is 4.79 Å². The highest BCUT2D eigenvalue weighted by Crippen LogP contribution is 2.20. The Hall–Kier alpha value is -2.92. The molecule has 5 nitrogen and oxygen atoms in total. The summed E-state index contributed by atoms with van der Waals surface area (Å²) in [4.78, 5) is 13.1. The number of aromatic nitrogens is 2. The number of amides is 1. The number of nitrogens with zero attached hydrogens (tertiary/aromatic N) is 2. The van der Waals surface area contributed by atoms with Crippen molar-refractivity contribution in [1.82, 2.24) is 15.1 Å². The van der Waals surface area contributed by atoms with Crippen LogP contribution in [0.1, 0.15) is 40.5 Å². The van der Waals surface area contributed by atoms with E-state index in [2.05, 4.69) is 34.8 Å². The van der Waals surface area contributed by atoms with E-state index in [1.54, 1.807) is 0 Å². The van der Waals surface area contributed by atoms with Crippen LogP contribution < -0.4 is 10.6 Å². The van der Waals surface area contributed by atoms with Crippen LogP contribution in [0.5, 0.6) is 0 Å². The summed E-state index contributed by atoms with van der Waals surface area (Å²) in [6.45, 7) is 9.66. The van der Waals surface area contributed by atoms with E-state index < -0.39 is 6.04 Å². The van der Waals surface area contributed by atoms with Crippen LogP contribution in [0, 0.1) is 27.7 Å². The second kappa shape index (κ2) is 9.52. The number of hydrogen-bond acceptors (Lipinski definition) is 3. The smallest absolute Gasteiger partial charge is 0.246 e. The fourth-order valence-corrected chi connectivity index (χ4v) is 3.46. The third-order valence-corrected chi connectivity index (χ3v) is 5.04. The fraction of sp³-hybridized carbons (Fsp3) is 0.333. The molecule has 152 valence electrons. The summed E-state index contributed by atoms with van der Waals surface area (Å²) in [7, 11) is 0. The number of carbonyl (C=O) groups is 1. The Balaban J connectivity index is 1.67. The number of aryl methyl sites for hydroxylation is 5. The Bertz CT molecular complexity index is 962. The van der Waals surface area contributed by atoms with Gasteiger partial charge in [-0.15, -0.1) is 0 Å². The number of benzene rings is 2. The topological polar surface area (TPSA) is 59.0 Å². The van der Waals surface area contributed by atoms with E-state index in [0.29, 0.717) is 0 Å². The van der Waals surface area contributed by atoms with Crippen LogP contribution in [0.15, 0.2) is 54.6 Å². The predicted octanol–water partition coefficient (Wildman–Crippen LogP) is 4.48. The third kappa shape index (κ3) is 5.55. The van der Waals surface area contributed by atoms with Gasteiger partial charge in [-0.05, 0) is 69.5 Å². The Kier molecular flexibility index (Phi) is 6.83. The van der Waals surface area contributed by atoms with Crippen molar-refractivity contribution in [3.63, 3.8) is 0 Å². The minimum Gasteiger partial charge on any atom is -0.324 e. The molecule has 29 heavy (non-hydrogen) atoms. The average Bonchev–Trinajstić information content (AvgIpc) is 3.02. The number of carbonyl (C=O) groups excluding carboxylic acids is 1. The van der Waals surface area contributed by atoms with Crippen molar-refractivity contribution >= 4 is 11.6 Å². The maximum Gasteiger partial charge on any atom is 0.246 e. The molecule has 1 amide bonds. The van der Waals surface area contributed by atoms with Gasteiger partial charge in [0.15, 0.2) is 0 Å². The molecule has 3 rings (SSSR count). The summed E-state index contributed by atoms with van der Waals surface area (Å²) in [6, 6.07) is 17.6. The molecule has 5 heteroatoms. The summed E-state index contributed by atoms with van der Waals surface area (Å²) in [6.07, 6.45) is 0.891. The number of hydrogen-bond donors (Lipinski definition) is 2. The number of nitrogens with one attached hydrogen (secondary N) is 2. The van der Waals surface area contributed by atoms with Gasteiger partial charge in [-0.3, -0.25) is 9.48 Å². The first kappa shape index (κ1) is 20.8.